The lowest BCUT2D eigenvalue weighted by Crippen LogP contribution is -2.28. The lowest BCUT2D eigenvalue weighted by Gasteiger charge is -2.23. The summed E-state index contributed by atoms with van der Waals surface area (Å²) in [5.74, 6) is 1.86. The van der Waals surface area contributed by atoms with Crippen molar-refractivity contribution in [1.82, 2.24) is 15.2 Å². The van der Waals surface area contributed by atoms with E-state index < -0.39 is 0 Å². The fourth-order valence-corrected chi connectivity index (χ4v) is 5.60. The van der Waals surface area contributed by atoms with Crippen LogP contribution in [-0.2, 0) is 30.8 Å². The number of hydrogen-bond donors (Lipinski definition) is 1. The lowest BCUT2D eigenvalue weighted by atomic mass is 9.96. The van der Waals surface area contributed by atoms with E-state index >= 15 is 0 Å². The number of aryl methyl sites for hydroxylation is 1. The van der Waals surface area contributed by atoms with E-state index in [9.17, 15) is 4.79 Å². The van der Waals surface area contributed by atoms with Crippen molar-refractivity contribution in [3.8, 4) is 11.5 Å². The zero-order chi connectivity index (χ0) is 30.9. The summed E-state index contributed by atoms with van der Waals surface area (Å²) in [5.41, 5.74) is 8.32. The molecule has 7 heteroatoms. The number of aromatic nitrogens is 1. The third kappa shape index (κ3) is 8.24. The highest BCUT2D eigenvalue weighted by molar-refractivity contribution is 5.94. The summed E-state index contributed by atoms with van der Waals surface area (Å²) in [6.45, 7) is 10.7. The Hall–Kier alpha value is -4.20. The summed E-state index contributed by atoms with van der Waals surface area (Å²) in [7, 11) is 1.70. The van der Waals surface area contributed by atoms with Crippen LogP contribution in [-0.4, -0.2) is 49.3 Å². The Morgan fingerprint density at radius 2 is 1.86 bits per heavy atom. The first-order valence-electron chi connectivity index (χ1n) is 15.4. The van der Waals surface area contributed by atoms with Gasteiger partial charge in [0.15, 0.2) is 0 Å². The molecule has 7 nitrogen and oxygen atoms in total. The zero-order valence-electron chi connectivity index (χ0n) is 26.3. The number of amides is 1. The number of methoxy groups -OCH3 is 1. The van der Waals surface area contributed by atoms with Crippen molar-refractivity contribution >= 4 is 5.91 Å². The van der Waals surface area contributed by atoms with E-state index in [4.69, 9.17) is 14.2 Å². The monoisotopic (exact) mass is 593 g/mol. The van der Waals surface area contributed by atoms with Crippen molar-refractivity contribution in [2.45, 2.75) is 52.7 Å². The fourth-order valence-electron chi connectivity index (χ4n) is 5.60. The van der Waals surface area contributed by atoms with Gasteiger partial charge in [-0.2, -0.15) is 0 Å². The summed E-state index contributed by atoms with van der Waals surface area (Å²) in [5, 5.41) is 3.13. The Morgan fingerprint density at radius 3 is 2.66 bits per heavy atom. The average molecular weight is 594 g/mol. The first kappa shape index (κ1) is 31.2. The van der Waals surface area contributed by atoms with Crippen LogP contribution in [0.15, 0.2) is 79.0 Å². The Kier molecular flexibility index (Phi) is 10.6. The number of nitrogens with zero attached hydrogens (tertiary/aromatic N) is 2. The van der Waals surface area contributed by atoms with Gasteiger partial charge in [-0.1, -0.05) is 44.2 Å². The van der Waals surface area contributed by atoms with Gasteiger partial charge in [0.25, 0.3) is 5.91 Å². The molecule has 0 radical (unpaired) electrons. The van der Waals surface area contributed by atoms with Crippen molar-refractivity contribution in [2.75, 3.05) is 33.5 Å². The molecule has 5 rings (SSSR count). The Bertz CT molecular complexity index is 1550. The molecular weight excluding hydrogens is 550 g/mol. The van der Waals surface area contributed by atoms with E-state index in [-0.39, 0.29) is 5.91 Å². The maximum Gasteiger partial charge on any atom is 0.251 e. The highest BCUT2D eigenvalue weighted by Gasteiger charge is 2.16. The topological polar surface area (TPSA) is 72.9 Å². The zero-order valence-corrected chi connectivity index (χ0v) is 26.3. The molecule has 2 bridgehead atoms. The number of fused-ring (bicyclic) bond motifs is 3. The van der Waals surface area contributed by atoms with Gasteiger partial charge in [-0.3, -0.25) is 14.7 Å². The van der Waals surface area contributed by atoms with E-state index in [1.807, 2.05) is 43.5 Å². The highest BCUT2D eigenvalue weighted by Crippen LogP contribution is 2.30. The van der Waals surface area contributed by atoms with Gasteiger partial charge in [0, 0.05) is 44.4 Å². The van der Waals surface area contributed by atoms with Gasteiger partial charge in [-0.25, -0.2) is 0 Å². The van der Waals surface area contributed by atoms with Gasteiger partial charge in [0.2, 0.25) is 0 Å². The molecule has 0 spiro atoms. The van der Waals surface area contributed by atoms with Crippen LogP contribution in [0.3, 0.4) is 0 Å². The molecule has 0 aliphatic carbocycles. The third-order valence-corrected chi connectivity index (χ3v) is 8.01. The highest BCUT2D eigenvalue weighted by atomic mass is 16.5. The van der Waals surface area contributed by atoms with Crippen LogP contribution < -0.4 is 14.8 Å². The number of carbonyl (C=O) groups excluding carboxylic acids is 1. The second kappa shape index (κ2) is 15.0. The van der Waals surface area contributed by atoms with Gasteiger partial charge >= 0.3 is 0 Å². The average Bonchev–Trinajstić information content (AvgIpc) is 3.02. The summed E-state index contributed by atoms with van der Waals surface area (Å²) >= 11 is 0. The molecule has 2 heterocycles. The van der Waals surface area contributed by atoms with Crippen molar-refractivity contribution in [1.29, 1.82) is 0 Å². The molecule has 0 fully saturated rings. The van der Waals surface area contributed by atoms with Crippen LogP contribution in [0.5, 0.6) is 11.5 Å². The number of pyridine rings is 1. The second-order valence-electron chi connectivity index (χ2n) is 11.7. The van der Waals surface area contributed by atoms with Gasteiger partial charge in [-0.05, 0) is 88.7 Å². The molecule has 1 amide bonds. The molecule has 1 aliphatic rings. The SMILES string of the molecule is COc1cc(C)c(CNC(=O)c2ccc3c(c2)Cc2cccc(c2)CN(Cc2ccccn2)CCOCCO3)cc1C(C)C. The Morgan fingerprint density at radius 1 is 1.00 bits per heavy atom. The summed E-state index contributed by atoms with van der Waals surface area (Å²) in [6.07, 6.45) is 2.49. The summed E-state index contributed by atoms with van der Waals surface area (Å²) < 4.78 is 17.7. The van der Waals surface area contributed by atoms with E-state index in [1.54, 1.807) is 7.11 Å². The number of hydrogen-bond acceptors (Lipinski definition) is 6. The van der Waals surface area contributed by atoms with Crippen LogP contribution in [0.2, 0.25) is 0 Å². The lowest BCUT2D eigenvalue weighted by molar-refractivity contribution is 0.0754. The van der Waals surface area contributed by atoms with Gasteiger partial charge in [0.1, 0.15) is 18.1 Å². The van der Waals surface area contributed by atoms with Gasteiger partial charge in [-0.15, -0.1) is 0 Å². The maximum atomic E-state index is 13.4. The molecule has 4 aromatic rings. The molecule has 0 saturated heterocycles. The minimum absolute atomic E-state index is 0.115. The number of rotatable bonds is 7. The minimum Gasteiger partial charge on any atom is -0.496 e. The van der Waals surface area contributed by atoms with Crippen LogP contribution >= 0.6 is 0 Å². The molecule has 1 N–H and O–H groups in total. The maximum absolute atomic E-state index is 13.4. The number of benzene rings is 3. The normalized spacial score (nSPS) is 14.3. The first-order valence-corrected chi connectivity index (χ1v) is 15.4. The third-order valence-electron chi connectivity index (χ3n) is 8.01. The largest absolute Gasteiger partial charge is 0.496 e. The van der Waals surface area contributed by atoms with E-state index in [0.717, 1.165) is 59.1 Å². The molecule has 1 aromatic heterocycles. The first-order chi connectivity index (χ1) is 21.4. The number of carbonyl (C=O) groups is 1. The minimum atomic E-state index is -0.115. The van der Waals surface area contributed by atoms with Crippen LogP contribution in [0.1, 0.15) is 69.2 Å². The Balaban J connectivity index is 1.34. The van der Waals surface area contributed by atoms with Crippen molar-refractivity contribution in [2.24, 2.45) is 0 Å². The number of ether oxygens (including phenoxy) is 3. The molecule has 44 heavy (non-hydrogen) atoms. The van der Waals surface area contributed by atoms with Crippen LogP contribution in [0.25, 0.3) is 0 Å². The van der Waals surface area contributed by atoms with Gasteiger partial charge < -0.3 is 19.5 Å². The smallest absolute Gasteiger partial charge is 0.251 e. The molecule has 0 atom stereocenters. The number of nitrogens with one attached hydrogen (secondary N) is 1. The molecular formula is C37H43N3O4. The molecule has 1 aliphatic heterocycles. The van der Waals surface area contributed by atoms with E-state index in [0.29, 0.717) is 44.3 Å². The van der Waals surface area contributed by atoms with Crippen molar-refractivity contribution < 1.29 is 19.0 Å². The molecule has 230 valence electrons. The molecule has 0 unspecified atom stereocenters. The van der Waals surface area contributed by atoms with Crippen molar-refractivity contribution in [3.63, 3.8) is 0 Å². The molecule has 3 aromatic carbocycles. The molecule has 0 saturated carbocycles. The Labute approximate surface area is 261 Å². The predicted octanol–water partition coefficient (Wildman–Crippen LogP) is 6.45. The van der Waals surface area contributed by atoms with Crippen LogP contribution in [0.4, 0.5) is 0 Å². The van der Waals surface area contributed by atoms with Crippen LogP contribution in [0, 0.1) is 6.92 Å². The summed E-state index contributed by atoms with van der Waals surface area (Å²) in [6, 6.07) is 24.6. The van der Waals surface area contributed by atoms with E-state index in [2.05, 4.69) is 71.5 Å². The predicted molar refractivity (Wildman–Crippen MR) is 173 cm³/mol. The van der Waals surface area contributed by atoms with Crippen molar-refractivity contribution in [3.05, 3.63) is 124 Å². The van der Waals surface area contributed by atoms with Gasteiger partial charge in [0.05, 0.1) is 26.0 Å². The second-order valence-corrected chi connectivity index (χ2v) is 11.7. The van der Waals surface area contributed by atoms with E-state index in [1.165, 1.54) is 11.1 Å². The summed E-state index contributed by atoms with van der Waals surface area (Å²) in [4.78, 5) is 20.3. The standard InChI is InChI=1S/C37H43N3O4/c1-26(2)34-22-32(27(3)18-36(34)42-4)23-39-37(41)30-11-12-35-31(21-30)20-28-8-7-9-29(19-28)24-40(14-15-43-16-17-44-35)25-33-10-5-6-13-38-33/h5-13,18-19,21-22,26H,14-17,20,23-25H2,1-4H3,(H,39,41). The fraction of sp³-hybridized carbons (Fsp3) is 0.351. The quantitative estimate of drug-likeness (QED) is 0.265.